The molecular formula is C6H2Cl3NOS. The van der Waals surface area contributed by atoms with E-state index in [9.17, 15) is 4.21 Å². The standard InChI is InChI=1S/C6H2Cl3NOS/c7-3-1-4(8)6(10-12-11)5(9)2-3/h1-2H. The highest BCUT2D eigenvalue weighted by Gasteiger charge is 2.05. The lowest BCUT2D eigenvalue weighted by Gasteiger charge is -1.98. The van der Waals surface area contributed by atoms with Crippen molar-refractivity contribution in [2.45, 2.75) is 0 Å². The lowest BCUT2D eigenvalue weighted by molar-refractivity contribution is 0.698. The molecule has 0 bridgehead atoms. The van der Waals surface area contributed by atoms with Gasteiger partial charge >= 0.3 is 0 Å². The third-order valence-electron chi connectivity index (χ3n) is 1.11. The topological polar surface area (TPSA) is 29.4 Å². The van der Waals surface area contributed by atoms with E-state index >= 15 is 0 Å². The van der Waals surface area contributed by atoms with Crippen molar-refractivity contribution >= 4 is 52.0 Å². The van der Waals surface area contributed by atoms with Crippen LogP contribution in [0.5, 0.6) is 0 Å². The number of halogens is 3. The van der Waals surface area contributed by atoms with Gasteiger partial charge in [-0.15, -0.1) is 0 Å². The molecule has 0 aromatic heterocycles. The van der Waals surface area contributed by atoms with Crippen LogP contribution in [0.4, 0.5) is 5.69 Å². The molecule has 0 fully saturated rings. The van der Waals surface area contributed by atoms with Crippen molar-refractivity contribution in [2.24, 2.45) is 4.36 Å². The summed E-state index contributed by atoms with van der Waals surface area (Å²) in [6.07, 6.45) is 0. The average molecular weight is 243 g/mol. The predicted octanol–water partition coefficient (Wildman–Crippen LogP) is 3.67. The Morgan fingerprint density at radius 2 is 1.67 bits per heavy atom. The minimum Gasteiger partial charge on any atom is -0.191 e. The summed E-state index contributed by atoms with van der Waals surface area (Å²) in [5.41, 5.74) is 0.266. The van der Waals surface area contributed by atoms with Crippen LogP contribution in [-0.4, -0.2) is 4.21 Å². The Morgan fingerprint density at radius 3 is 2.08 bits per heavy atom. The van der Waals surface area contributed by atoms with Gasteiger partial charge in [-0.2, -0.15) is 8.57 Å². The summed E-state index contributed by atoms with van der Waals surface area (Å²) in [5.74, 6) is 0. The van der Waals surface area contributed by atoms with E-state index in [2.05, 4.69) is 4.36 Å². The lowest BCUT2D eigenvalue weighted by atomic mass is 10.3. The van der Waals surface area contributed by atoms with Gasteiger partial charge in [0.1, 0.15) is 5.69 Å². The summed E-state index contributed by atoms with van der Waals surface area (Å²) in [6, 6.07) is 2.95. The zero-order valence-electron chi connectivity index (χ0n) is 5.55. The van der Waals surface area contributed by atoms with E-state index in [-0.39, 0.29) is 27.2 Å². The van der Waals surface area contributed by atoms with E-state index in [1.165, 1.54) is 12.1 Å². The number of hydrogen-bond donors (Lipinski definition) is 0. The molecule has 1 aromatic carbocycles. The normalized spacial score (nSPS) is 9.58. The highest BCUT2D eigenvalue weighted by Crippen LogP contribution is 2.35. The number of benzene rings is 1. The zero-order chi connectivity index (χ0) is 9.14. The van der Waals surface area contributed by atoms with Gasteiger partial charge in [0, 0.05) is 5.02 Å². The fraction of sp³-hybridized carbons (Fsp3) is 0. The Hall–Kier alpha value is -0.0900. The molecule has 0 atom stereocenters. The van der Waals surface area contributed by atoms with E-state index in [0.717, 1.165) is 0 Å². The molecule has 12 heavy (non-hydrogen) atoms. The molecule has 6 heteroatoms. The van der Waals surface area contributed by atoms with Crippen molar-refractivity contribution in [3.05, 3.63) is 27.2 Å². The second-order valence-electron chi connectivity index (χ2n) is 1.88. The second-order valence-corrected chi connectivity index (χ2v) is 3.47. The fourth-order valence-electron chi connectivity index (χ4n) is 0.659. The minimum atomic E-state index is 0.0519. The van der Waals surface area contributed by atoms with E-state index in [4.69, 9.17) is 34.8 Å². The van der Waals surface area contributed by atoms with Crippen LogP contribution in [0.25, 0.3) is 0 Å². The summed E-state index contributed by atoms with van der Waals surface area (Å²) < 4.78 is 13.6. The smallest absolute Gasteiger partial charge is 0.191 e. The molecule has 0 radical (unpaired) electrons. The summed E-state index contributed by atoms with van der Waals surface area (Å²) in [4.78, 5) is 0. The molecule has 1 rings (SSSR count). The first-order chi connectivity index (χ1) is 5.65. The summed E-state index contributed by atoms with van der Waals surface area (Å²) in [7, 11) is 0. The molecule has 0 saturated carbocycles. The largest absolute Gasteiger partial charge is 0.205 e. The van der Waals surface area contributed by atoms with Crippen LogP contribution < -0.4 is 0 Å². The van der Waals surface area contributed by atoms with E-state index in [1.54, 1.807) is 0 Å². The Kier molecular flexibility index (Phi) is 3.53. The molecule has 0 unspecified atom stereocenters. The van der Waals surface area contributed by atoms with Crippen LogP contribution in [-0.2, 0) is 11.5 Å². The molecule has 0 N–H and O–H groups in total. The van der Waals surface area contributed by atoms with E-state index in [1.807, 2.05) is 0 Å². The molecule has 0 aliphatic heterocycles. The highest BCUT2D eigenvalue weighted by atomic mass is 35.5. The minimum absolute atomic E-state index is 0.0519. The molecule has 2 nitrogen and oxygen atoms in total. The molecule has 0 aliphatic carbocycles. The lowest BCUT2D eigenvalue weighted by Crippen LogP contribution is -1.71. The van der Waals surface area contributed by atoms with Crippen molar-refractivity contribution in [2.75, 3.05) is 0 Å². The first kappa shape index (κ1) is 9.99. The van der Waals surface area contributed by atoms with Gasteiger partial charge in [0.25, 0.3) is 0 Å². The van der Waals surface area contributed by atoms with E-state index < -0.39 is 0 Å². The maximum Gasteiger partial charge on any atom is 0.205 e. The number of hydrogen-bond acceptors (Lipinski definition) is 2. The SMILES string of the molecule is O=S=Nc1c(Cl)cc(Cl)cc1Cl. The predicted molar refractivity (Wildman–Crippen MR) is 51.7 cm³/mol. The van der Waals surface area contributed by atoms with Gasteiger partial charge in [-0.3, -0.25) is 0 Å². The fourth-order valence-corrected chi connectivity index (χ4v) is 1.93. The van der Waals surface area contributed by atoms with Gasteiger partial charge < -0.3 is 0 Å². The summed E-state index contributed by atoms with van der Waals surface area (Å²) in [6.45, 7) is 0. The van der Waals surface area contributed by atoms with Gasteiger partial charge in [0.05, 0.1) is 10.0 Å². The van der Waals surface area contributed by atoms with Crippen molar-refractivity contribution < 1.29 is 4.21 Å². The molecule has 1 aromatic rings. The Bertz CT molecular complexity index is 339. The molecule has 64 valence electrons. The molecular weight excluding hydrogens is 240 g/mol. The molecule has 0 spiro atoms. The maximum absolute atomic E-state index is 10.1. The first-order valence-electron chi connectivity index (χ1n) is 2.79. The molecule has 0 saturated heterocycles. The summed E-state index contributed by atoms with van der Waals surface area (Å²) in [5, 5.41) is 0.964. The van der Waals surface area contributed by atoms with Crippen LogP contribution in [0, 0.1) is 0 Å². The average Bonchev–Trinajstić information content (AvgIpc) is 1.96. The van der Waals surface area contributed by atoms with E-state index in [0.29, 0.717) is 5.02 Å². The number of nitrogens with zero attached hydrogens (tertiary/aromatic N) is 1. The highest BCUT2D eigenvalue weighted by molar-refractivity contribution is 7.54. The zero-order valence-corrected chi connectivity index (χ0v) is 8.64. The third-order valence-corrected chi connectivity index (χ3v) is 2.16. The first-order valence-corrected chi connectivity index (χ1v) is 4.63. The summed E-state index contributed by atoms with van der Waals surface area (Å²) >= 11 is 17.1. The van der Waals surface area contributed by atoms with Crippen molar-refractivity contribution in [3.63, 3.8) is 0 Å². The van der Waals surface area contributed by atoms with Gasteiger partial charge in [-0.25, -0.2) is 0 Å². The van der Waals surface area contributed by atoms with Gasteiger partial charge in [0.15, 0.2) is 0 Å². The van der Waals surface area contributed by atoms with Gasteiger partial charge in [-0.1, -0.05) is 34.8 Å². The van der Waals surface area contributed by atoms with Crippen LogP contribution in [0.15, 0.2) is 16.5 Å². The third kappa shape index (κ3) is 2.20. The Labute approximate surface area is 87.7 Å². The molecule has 0 amide bonds. The molecule has 0 heterocycles. The maximum atomic E-state index is 10.1. The van der Waals surface area contributed by atoms with Crippen LogP contribution in [0.1, 0.15) is 0 Å². The Balaban J connectivity index is 3.37. The van der Waals surface area contributed by atoms with Crippen LogP contribution in [0.3, 0.4) is 0 Å². The van der Waals surface area contributed by atoms with Crippen LogP contribution in [0.2, 0.25) is 15.1 Å². The van der Waals surface area contributed by atoms with Gasteiger partial charge in [0.2, 0.25) is 11.5 Å². The number of rotatable bonds is 1. The quantitative estimate of drug-likeness (QED) is 0.739. The van der Waals surface area contributed by atoms with Crippen LogP contribution >= 0.6 is 34.8 Å². The Morgan fingerprint density at radius 1 is 1.17 bits per heavy atom. The molecule has 0 aliphatic rings. The van der Waals surface area contributed by atoms with Gasteiger partial charge in [-0.05, 0) is 12.1 Å². The van der Waals surface area contributed by atoms with Crippen molar-refractivity contribution in [1.29, 1.82) is 0 Å². The second kappa shape index (κ2) is 4.23. The monoisotopic (exact) mass is 241 g/mol. The van der Waals surface area contributed by atoms with Crippen molar-refractivity contribution in [1.82, 2.24) is 0 Å². The van der Waals surface area contributed by atoms with Crippen molar-refractivity contribution in [3.8, 4) is 0 Å².